The first-order valence-corrected chi connectivity index (χ1v) is 9.55. The van der Waals surface area contributed by atoms with Gasteiger partial charge in [0.1, 0.15) is 23.8 Å². The van der Waals surface area contributed by atoms with Crippen molar-refractivity contribution in [3.8, 4) is 0 Å². The molecule has 0 aliphatic carbocycles. The van der Waals surface area contributed by atoms with Gasteiger partial charge in [-0.25, -0.2) is 15.0 Å². The molecule has 3 N–H and O–H groups in total. The molecular formula is C17H17BrN6OS. The number of carbonyl (C=O) groups excluding carboxylic acids is 1. The number of carbonyl (C=O) groups is 1. The second kappa shape index (κ2) is 8.72. The molecule has 134 valence electrons. The van der Waals surface area contributed by atoms with E-state index < -0.39 is 0 Å². The Hall–Kier alpha value is -2.52. The molecule has 9 heteroatoms. The van der Waals surface area contributed by atoms with Crippen molar-refractivity contribution in [2.45, 2.75) is 6.92 Å². The molecule has 3 aromatic rings. The normalized spacial score (nSPS) is 10.4. The van der Waals surface area contributed by atoms with Gasteiger partial charge in [0.2, 0.25) is 0 Å². The summed E-state index contributed by atoms with van der Waals surface area (Å²) in [6.07, 6.45) is 3.22. The molecule has 0 unspecified atom stereocenters. The fourth-order valence-electron chi connectivity index (χ4n) is 2.14. The summed E-state index contributed by atoms with van der Waals surface area (Å²) in [6.45, 7) is 3.04. The van der Waals surface area contributed by atoms with Crippen LogP contribution in [0, 0.1) is 6.92 Å². The van der Waals surface area contributed by atoms with Crippen molar-refractivity contribution < 1.29 is 4.79 Å². The first-order chi connectivity index (χ1) is 12.6. The van der Waals surface area contributed by atoms with Crippen molar-refractivity contribution in [1.82, 2.24) is 20.3 Å². The van der Waals surface area contributed by atoms with Gasteiger partial charge in [-0.15, -0.1) is 11.3 Å². The Morgan fingerprint density at radius 3 is 2.69 bits per heavy atom. The van der Waals surface area contributed by atoms with E-state index in [9.17, 15) is 4.79 Å². The molecule has 0 aliphatic heterocycles. The number of hydrogen-bond acceptors (Lipinski definition) is 7. The summed E-state index contributed by atoms with van der Waals surface area (Å²) in [5.74, 6) is 1.96. The zero-order valence-corrected chi connectivity index (χ0v) is 16.4. The molecule has 0 aliphatic rings. The Balaban J connectivity index is 1.48. The Bertz CT molecular complexity index is 900. The summed E-state index contributed by atoms with van der Waals surface area (Å²) >= 11 is 4.74. The molecule has 0 atom stereocenters. The van der Waals surface area contributed by atoms with Gasteiger partial charge in [-0.3, -0.25) is 4.79 Å². The molecule has 0 bridgehead atoms. The largest absolute Gasteiger partial charge is 0.368 e. The van der Waals surface area contributed by atoms with Crippen LogP contribution < -0.4 is 16.0 Å². The summed E-state index contributed by atoms with van der Waals surface area (Å²) in [5.41, 5.74) is 1.11. The zero-order valence-electron chi connectivity index (χ0n) is 14.0. The lowest BCUT2D eigenvalue weighted by molar-refractivity contribution is 0.0959. The van der Waals surface area contributed by atoms with Gasteiger partial charge < -0.3 is 16.0 Å². The van der Waals surface area contributed by atoms with Gasteiger partial charge >= 0.3 is 0 Å². The summed E-state index contributed by atoms with van der Waals surface area (Å²) in [4.78, 5) is 25.3. The van der Waals surface area contributed by atoms with Gasteiger partial charge in [0.05, 0.1) is 4.88 Å². The number of nitrogens with zero attached hydrogens (tertiary/aromatic N) is 3. The van der Waals surface area contributed by atoms with Crippen molar-refractivity contribution in [2.24, 2.45) is 0 Å². The molecule has 0 aromatic carbocycles. The predicted molar refractivity (Wildman–Crippen MR) is 107 cm³/mol. The number of thiophene rings is 1. The van der Waals surface area contributed by atoms with Gasteiger partial charge in [-0.2, -0.15) is 0 Å². The quantitative estimate of drug-likeness (QED) is 0.494. The minimum absolute atomic E-state index is 0.0851. The Labute approximate surface area is 163 Å². The molecule has 3 heterocycles. The Kier molecular flexibility index (Phi) is 6.13. The Morgan fingerprint density at radius 2 is 1.92 bits per heavy atom. The third kappa shape index (κ3) is 5.24. The van der Waals surface area contributed by atoms with Crippen LogP contribution in [0.25, 0.3) is 0 Å². The number of aryl methyl sites for hydroxylation is 1. The number of rotatable bonds is 7. The summed E-state index contributed by atoms with van der Waals surface area (Å²) in [5, 5.41) is 11.0. The summed E-state index contributed by atoms with van der Waals surface area (Å²) in [7, 11) is 0. The van der Waals surface area contributed by atoms with Gasteiger partial charge in [0.15, 0.2) is 0 Å². The van der Waals surface area contributed by atoms with Crippen molar-refractivity contribution in [1.29, 1.82) is 0 Å². The molecule has 3 aromatic heterocycles. The van der Waals surface area contributed by atoms with Crippen molar-refractivity contribution in [3.05, 3.63) is 57.1 Å². The van der Waals surface area contributed by atoms with E-state index in [2.05, 4.69) is 46.8 Å². The van der Waals surface area contributed by atoms with E-state index >= 15 is 0 Å². The highest BCUT2D eigenvalue weighted by Crippen LogP contribution is 2.19. The standard InChI is InChI=1S/C17H17BrN6OS/c1-11-2-3-19-15(6-11)24-16-8-14(22-10-23-16)20-4-5-21-17(25)13-7-12(18)9-26-13/h2-3,6-10H,4-5H2,1H3,(H,21,25)(H2,19,20,22,23,24). The second-order valence-corrected chi connectivity index (χ2v) is 7.27. The highest BCUT2D eigenvalue weighted by molar-refractivity contribution is 9.10. The maximum absolute atomic E-state index is 12.0. The second-order valence-electron chi connectivity index (χ2n) is 5.44. The third-order valence-corrected chi connectivity index (χ3v) is 5.04. The maximum Gasteiger partial charge on any atom is 0.261 e. The van der Waals surface area contributed by atoms with Gasteiger partial charge in [-0.05, 0) is 46.6 Å². The number of nitrogens with one attached hydrogen (secondary N) is 3. The highest BCUT2D eigenvalue weighted by Gasteiger charge is 2.07. The molecule has 0 fully saturated rings. The molecule has 26 heavy (non-hydrogen) atoms. The Morgan fingerprint density at radius 1 is 1.12 bits per heavy atom. The number of halogens is 1. The van der Waals surface area contributed by atoms with Crippen molar-refractivity contribution in [3.63, 3.8) is 0 Å². The number of anilines is 3. The lowest BCUT2D eigenvalue weighted by Gasteiger charge is -2.09. The third-order valence-electron chi connectivity index (χ3n) is 3.35. The van der Waals surface area contributed by atoms with E-state index in [1.165, 1.54) is 17.7 Å². The molecule has 0 saturated heterocycles. The minimum Gasteiger partial charge on any atom is -0.368 e. The van der Waals surface area contributed by atoms with Crippen molar-refractivity contribution >= 4 is 50.6 Å². The van der Waals surface area contributed by atoms with E-state index in [1.54, 1.807) is 18.3 Å². The topological polar surface area (TPSA) is 91.8 Å². The first kappa shape index (κ1) is 18.3. The summed E-state index contributed by atoms with van der Waals surface area (Å²) < 4.78 is 0.912. The van der Waals surface area contributed by atoms with Crippen LogP contribution in [0.3, 0.4) is 0 Å². The smallest absolute Gasteiger partial charge is 0.261 e. The van der Waals surface area contributed by atoms with E-state index in [0.29, 0.717) is 29.6 Å². The molecule has 1 amide bonds. The van der Waals surface area contributed by atoms with Crippen LogP contribution in [0.5, 0.6) is 0 Å². The molecule has 0 radical (unpaired) electrons. The molecule has 0 saturated carbocycles. The maximum atomic E-state index is 12.0. The highest BCUT2D eigenvalue weighted by atomic mass is 79.9. The monoisotopic (exact) mass is 432 g/mol. The van der Waals surface area contributed by atoms with Crippen LogP contribution >= 0.6 is 27.3 Å². The first-order valence-electron chi connectivity index (χ1n) is 7.88. The average Bonchev–Trinajstić information content (AvgIpc) is 3.05. The molecule has 0 spiro atoms. The van der Waals surface area contributed by atoms with Crippen LogP contribution in [0.1, 0.15) is 15.2 Å². The van der Waals surface area contributed by atoms with Crippen LogP contribution in [0.4, 0.5) is 17.5 Å². The van der Waals surface area contributed by atoms with E-state index in [0.717, 1.165) is 15.9 Å². The lowest BCUT2D eigenvalue weighted by atomic mass is 10.3. The van der Waals surface area contributed by atoms with E-state index in [4.69, 9.17) is 0 Å². The zero-order chi connectivity index (χ0) is 18.4. The SMILES string of the molecule is Cc1ccnc(Nc2cc(NCCNC(=O)c3cc(Br)cs3)ncn2)c1. The predicted octanol–water partition coefficient (Wildman–Crippen LogP) is 3.59. The minimum atomic E-state index is -0.0851. The van der Waals surface area contributed by atoms with Crippen LogP contribution in [-0.4, -0.2) is 33.9 Å². The van der Waals surface area contributed by atoms with Crippen LogP contribution in [0.15, 0.2) is 46.6 Å². The van der Waals surface area contributed by atoms with E-state index in [-0.39, 0.29) is 5.91 Å². The van der Waals surface area contributed by atoms with Crippen LogP contribution in [-0.2, 0) is 0 Å². The fourth-order valence-corrected chi connectivity index (χ4v) is 3.49. The number of pyridine rings is 1. The number of amides is 1. The van der Waals surface area contributed by atoms with Crippen molar-refractivity contribution in [2.75, 3.05) is 23.7 Å². The molecule has 3 rings (SSSR count). The van der Waals surface area contributed by atoms with Crippen LogP contribution in [0.2, 0.25) is 0 Å². The van der Waals surface area contributed by atoms with Gasteiger partial charge in [0, 0.05) is 35.2 Å². The fraction of sp³-hybridized carbons (Fsp3) is 0.176. The number of hydrogen-bond donors (Lipinski definition) is 3. The van der Waals surface area contributed by atoms with E-state index in [1.807, 2.05) is 24.4 Å². The lowest BCUT2D eigenvalue weighted by Crippen LogP contribution is -2.28. The summed E-state index contributed by atoms with van der Waals surface area (Å²) in [6, 6.07) is 7.46. The number of aromatic nitrogens is 3. The molecular weight excluding hydrogens is 416 g/mol. The van der Waals surface area contributed by atoms with Gasteiger partial charge in [-0.1, -0.05) is 0 Å². The average molecular weight is 433 g/mol. The van der Waals surface area contributed by atoms with Gasteiger partial charge in [0.25, 0.3) is 5.91 Å². The molecule has 7 nitrogen and oxygen atoms in total.